The number of alkyl halides is 2. The highest BCUT2D eigenvalue weighted by molar-refractivity contribution is 9.10. The van der Waals surface area contributed by atoms with Crippen LogP contribution < -0.4 is 0 Å². The van der Waals surface area contributed by atoms with E-state index in [0.29, 0.717) is 10.0 Å². The van der Waals surface area contributed by atoms with Crippen molar-refractivity contribution in [3.63, 3.8) is 0 Å². The number of nitrogens with zero attached hydrogens (tertiary/aromatic N) is 1. The fourth-order valence-corrected chi connectivity index (χ4v) is 1.44. The first kappa shape index (κ1) is 12.0. The Kier molecular flexibility index (Phi) is 3.73. The van der Waals surface area contributed by atoms with E-state index in [1.165, 1.54) is 20.1 Å². The highest BCUT2D eigenvalue weighted by atomic mass is 79.9. The fourth-order valence-electron chi connectivity index (χ4n) is 1.02. The van der Waals surface area contributed by atoms with E-state index in [0.717, 1.165) is 0 Å². The van der Waals surface area contributed by atoms with Gasteiger partial charge in [0, 0.05) is 4.47 Å². The van der Waals surface area contributed by atoms with Gasteiger partial charge in [0.05, 0.1) is 7.11 Å². The quantitative estimate of drug-likeness (QED) is 0.782. The Labute approximate surface area is 93.6 Å². The lowest BCUT2D eigenvalue weighted by Gasteiger charge is -2.08. The van der Waals surface area contributed by atoms with E-state index in [2.05, 4.69) is 25.7 Å². The van der Waals surface area contributed by atoms with Gasteiger partial charge in [-0.15, -0.1) is 0 Å². The molecule has 0 unspecified atom stereocenters. The van der Waals surface area contributed by atoms with Crippen molar-refractivity contribution in [1.82, 2.24) is 4.98 Å². The Hall–Kier alpha value is -1.04. The molecular formula is C9H8BrF2NO2. The van der Waals surface area contributed by atoms with Gasteiger partial charge in [-0.25, -0.2) is 18.6 Å². The first-order valence-electron chi connectivity index (χ1n) is 4.01. The van der Waals surface area contributed by atoms with Crippen molar-refractivity contribution in [2.45, 2.75) is 13.3 Å². The molecule has 0 aliphatic rings. The molecule has 0 aromatic carbocycles. The smallest absolute Gasteiger partial charge is 0.356 e. The summed E-state index contributed by atoms with van der Waals surface area (Å²) in [6.07, 6.45) is -2.72. The van der Waals surface area contributed by atoms with Crippen LogP contribution in [0.15, 0.2) is 10.5 Å². The third-order valence-corrected chi connectivity index (χ3v) is 2.67. The van der Waals surface area contributed by atoms with Crippen molar-refractivity contribution in [2.24, 2.45) is 0 Å². The average Bonchev–Trinajstić information content (AvgIpc) is 2.20. The zero-order chi connectivity index (χ0) is 11.6. The summed E-state index contributed by atoms with van der Waals surface area (Å²) >= 11 is 3.08. The second-order valence-electron chi connectivity index (χ2n) is 2.79. The number of aromatic nitrogens is 1. The normalized spacial score (nSPS) is 10.5. The molecule has 0 aliphatic heterocycles. The molecule has 1 aromatic heterocycles. The molecule has 1 heterocycles. The molecule has 82 valence electrons. The summed E-state index contributed by atoms with van der Waals surface area (Å²) in [6, 6.07) is 1.35. The van der Waals surface area contributed by atoms with E-state index in [4.69, 9.17) is 0 Å². The van der Waals surface area contributed by atoms with Crippen molar-refractivity contribution in [3.8, 4) is 0 Å². The van der Waals surface area contributed by atoms with Gasteiger partial charge >= 0.3 is 5.97 Å². The summed E-state index contributed by atoms with van der Waals surface area (Å²) in [4.78, 5) is 14.7. The number of rotatable bonds is 2. The Morgan fingerprint density at radius 3 is 2.67 bits per heavy atom. The van der Waals surface area contributed by atoms with Gasteiger partial charge in [-0.2, -0.15) is 0 Å². The van der Waals surface area contributed by atoms with Gasteiger partial charge < -0.3 is 4.74 Å². The van der Waals surface area contributed by atoms with Crippen molar-refractivity contribution in [2.75, 3.05) is 7.11 Å². The SMILES string of the molecule is COC(=O)c1cc(Br)c(C)c(C(F)F)n1. The monoisotopic (exact) mass is 279 g/mol. The van der Waals surface area contributed by atoms with Crippen LogP contribution in [0.25, 0.3) is 0 Å². The number of methoxy groups -OCH3 is 1. The predicted octanol–water partition coefficient (Wildman–Crippen LogP) is 2.88. The van der Waals surface area contributed by atoms with Crippen molar-refractivity contribution < 1.29 is 18.3 Å². The summed E-state index contributed by atoms with van der Waals surface area (Å²) in [5.74, 6) is -0.738. The molecule has 0 N–H and O–H groups in total. The molecule has 1 rings (SSSR count). The van der Waals surface area contributed by atoms with Crippen LogP contribution in [0.5, 0.6) is 0 Å². The van der Waals surface area contributed by atoms with Crippen LogP contribution >= 0.6 is 15.9 Å². The second kappa shape index (κ2) is 4.65. The van der Waals surface area contributed by atoms with Crippen LogP contribution in [0.3, 0.4) is 0 Å². The second-order valence-corrected chi connectivity index (χ2v) is 3.65. The van der Waals surface area contributed by atoms with Gasteiger partial charge in [-0.05, 0) is 18.6 Å². The molecule has 0 fully saturated rings. The van der Waals surface area contributed by atoms with Crippen molar-refractivity contribution in [1.29, 1.82) is 0 Å². The number of carbonyl (C=O) groups is 1. The van der Waals surface area contributed by atoms with E-state index in [1.54, 1.807) is 0 Å². The zero-order valence-electron chi connectivity index (χ0n) is 8.05. The molecule has 15 heavy (non-hydrogen) atoms. The van der Waals surface area contributed by atoms with E-state index >= 15 is 0 Å². The Morgan fingerprint density at radius 2 is 2.20 bits per heavy atom. The van der Waals surface area contributed by atoms with Crippen LogP contribution in [0.2, 0.25) is 0 Å². The fraction of sp³-hybridized carbons (Fsp3) is 0.333. The number of esters is 1. The maximum absolute atomic E-state index is 12.5. The van der Waals surface area contributed by atoms with Gasteiger partial charge in [-0.1, -0.05) is 15.9 Å². The number of carbonyl (C=O) groups excluding carboxylic acids is 1. The van der Waals surface area contributed by atoms with E-state index in [-0.39, 0.29) is 5.69 Å². The molecular weight excluding hydrogens is 272 g/mol. The number of halogens is 3. The Balaban J connectivity index is 3.29. The van der Waals surface area contributed by atoms with Gasteiger partial charge in [-0.3, -0.25) is 0 Å². The van der Waals surface area contributed by atoms with Gasteiger partial charge in [0.15, 0.2) is 0 Å². The minimum atomic E-state index is -2.72. The van der Waals surface area contributed by atoms with Crippen LogP contribution in [0, 0.1) is 6.92 Å². The minimum absolute atomic E-state index is 0.134. The van der Waals surface area contributed by atoms with Gasteiger partial charge in [0.1, 0.15) is 11.4 Å². The number of hydrogen-bond donors (Lipinski definition) is 0. The maximum Gasteiger partial charge on any atom is 0.356 e. The third-order valence-electron chi connectivity index (χ3n) is 1.85. The highest BCUT2D eigenvalue weighted by Gasteiger charge is 2.19. The van der Waals surface area contributed by atoms with Crippen LogP contribution in [-0.4, -0.2) is 18.1 Å². The lowest BCUT2D eigenvalue weighted by molar-refractivity contribution is 0.0592. The molecule has 0 saturated heterocycles. The molecule has 0 bridgehead atoms. The standard InChI is InChI=1S/C9H8BrF2NO2/c1-4-5(10)3-6(9(14)15-2)13-7(4)8(11)12/h3,8H,1-2H3. The van der Waals surface area contributed by atoms with Gasteiger partial charge in [0.2, 0.25) is 0 Å². The first-order valence-corrected chi connectivity index (χ1v) is 4.80. The summed E-state index contributed by atoms with van der Waals surface area (Å²) in [5.41, 5.74) is -0.229. The topological polar surface area (TPSA) is 39.2 Å². The number of hydrogen-bond acceptors (Lipinski definition) is 3. The summed E-state index contributed by atoms with van der Waals surface area (Å²) in [7, 11) is 1.17. The van der Waals surface area contributed by atoms with Gasteiger partial charge in [0.25, 0.3) is 6.43 Å². The third kappa shape index (κ3) is 2.50. The average molecular weight is 280 g/mol. The van der Waals surface area contributed by atoms with Crippen LogP contribution in [-0.2, 0) is 4.74 Å². The molecule has 0 atom stereocenters. The molecule has 0 amide bonds. The lowest BCUT2D eigenvalue weighted by Crippen LogP contribution is -2.08. The molecule has 3 nitrogen and oxygen atoms in total. The molecule has 0 saturated carbocycles. The summed E-state index contributed by atoms with van der Waals surface area (Å²) < 4.78 is 29.8. The molecule has 0 radical (unpaired) electrons. The van der Waals surface area contributed by atoms with E-state index in [9.17, 15) is 13.6 Å². The van der Waals surface area contributed by atoms with Crippen molar-refractivity contribution in [3.05, 3.63) is 27.5 Å². The highest BCUT2D eigenvalue weighted by Crippen LogP contribution is 2.27. The minimum Gasteiger partial charge on any atom is -0.464 e. The number of pyridine rings is 1. The summed E-state index contributed by atoms with van der Waals surface area (Å²) in [6.45, 7) is 1.50. The van der Waals surface area contributed by atoms with E-state index < -0.39 is 18.1 Å². The molecule has 0 aliphatic carbocycles. The number of ether oxygens (including phenoxy) is 1. The Morgan fingerprint density at radius 1 is 1.60 bits per heavy atom. The first-order chi connectivity index (χ1) is 6.97. The largest absolute Gasteiger partial charge is 0.464 e. The predicted molar refractivity (Wildman–Crippen MR) is 53.0 cm³/mol. The maximum atomic E-state index is 12.5. The molecule has 0 spiro atoms. The zero-order valence-corrected chi connectivity index (χ0v) is 9.64. The summed E-state index contributed by atoms with van der Waals surface area (Å²) in [5, 5.41) is 0. The Bertz CT molecular complexity index is 396. The molecule has 6 heteroatoms. The van der Waals surface area contributed by atoms with Crippen LogP contribution in [0.4, 0.5) is 8.78 Å². The molecule has 1 aromatic rings. The van der Waals surface area contributed by atoms with E-state index in [1.807, 2.05) is 0 Å². The lowest BCUT2D eigenvalue weighted by atomic mass is 10.2. The van der Waals surface area contributed by atoms with Crippen molar-refractivity contribution >= 4 is 21.9 Å². The van der Waals surface area contributed by atoms with Crippen LogP contribution in [0.1, 0.15) is 28.2 Å².